The molecule has 0 saturated carbocycles. The van der Waals surface area contributed by atoms with Crippen molar-refractivity contribution in [3.8, 4) is 0 Å². The van der Waals surface area contributed by atoms with Crippen LogP contribution in [0.3, 0.4) is 0 Å². The fourth-order valence-electron chi connectivity index (χ4n) is 1.10. The first-order chi connectivity index (χ1) is 6.04. The van der Waals surface area contributed by atoms with Crippen LogP contribution in [0.4, 0.5) is 0 Å². The molecule has 0 fully saturated rings. The van der Waals surface area contributed by atoms with Crippen LogP contribution >= 0.6 is 0 Å². The maximum absolute atomic E-state index is 9.76. The van der Waals surface area contributed by atoms with Crippen LogP contribution in [0.1, 0.15) is 41.5 Å². The van der Waals surface area contributed by atoms with Crippen molar-refractivity contribution in [2.45, 2.75) is 59.3 Å². The molecule has 0 aromatic heterocycles. The maximum atomic E-state index is 9.76. The van der Waals surface area contributed by atoms with Crippen LogP contribution in [-0.2, 0) is 0 Å². The van der Waals surface area contributed by atoms with Gasteiger partial charge in [-0.15, -0.1) is 0 Å². The monoisotopic (exact) mass is 203 g/mol. The summed E-state index contributed by atoms with van der Waals surface area (Å²) in [5.74, 6) is 0. The van der Waals surface area contributed by atoms with Gasteiger partial charge in [0.2, 0.25) is 0 Å². The van der Waals surface area contributed by atoms with E-state index in [4.69, 9.17) is 0 Å². The molecule has 0 unspecified atom stereocenters. The molecule has 0 heterocycles. The van der Waals surface area contributed by atoms with Gasteiger partial charge in [0.05, 0.1) is 12.2 Å². The average molecular weight is 203 g/mol. The number of β-amino-alcohol motifs (C(OH)–C–C–N with tert-alkyl or cyclic N) is 1. The van der Waals surface area contributed by atoms with Crippen molar-refractivity contribution in [1.82, 2.24) is 5.32 Å². The van der Waals surface area contributed by atoms with Gasteiger partial charge in [-0.2, -0.15) is 0 Å². The van der Waals surface area contributed by atoms with Crippen LogP contribution in [-0.4, -0.2) is 34.5 Å². The predicted octanol–water partition coefficient (Wildman–Crippen LogP) is 1.14. The SMILES string of the molecule is CC(C)(C)NC[C@H](O)[C@@H](O)C(C)(C)C. The first-order valence-electron chi connectivity index (χ1n) is 5.15. The molecule has 2 atom stereocenters. The molecule has 0 aliphatic carbocycles. The summed E-state index contributed by atoms with van der Waals surface area (Å²) in [7, 11) is 0. The summed E-state index contributed by atoms with van der Waals surface area (Å²) >= 11 is 0. The van der Waals surface area contributed by atoms with E-state index in [2.05, 4.69) is 5.32 Å². The third kappa shape index (κ3) is 5.58. The van der Waals surface area contributed by atoms with E-state index in [1.165, 1.54) is 0 Å². The molecule has 0 bridgehead atoms. The van der Waals surface area contributed by atoms with Gasteiger partial charge in [-0.1, -0.05) is 20.8 Å². The molecule has 0 aliphatic heterocycles. The first kappa shape index (κ1) is 13.9. The Balaban J connectivity index is 4.03. The molecular formula is C11H25NO2. The number of nitrogens with one attached hydrogen (secondary N) is 1. The van der Waals surface area contributed by atoms with Crippen molar-refractivity contribution in [2.75, 3.05) is 6.54 Å². The minimum absolute atomic E-state index is 0.0292. The van der Waals surface area contributed by atoms with E-state index >= 15 is 0 Å². The molecule has 86 valence electrons. The summed E-state index contributed by atoms with van der Waals surface area (Å²) in [6.07, 6.45) is -1.41. The zero-order valence-corrected chi connectivity index (χ0v) is 10.3. The second-order valence-corrected chi connectivity index (χ2v) is 6.01. The number of aliphatic hydroxyl groups excluding tert-OH is 2. The Morgan fingerprint density at radius 1 is 1.00 bits per heavy atom. The van der Waals surface area contributed by atoms with Gasteiger partial charge in [0, 0.05) is 12.1 Å². The number of hydrogen-bond donors (Lipinski definition) is 3. The molecule has 0 amide bonds. The molecule has 0 aromatic rings. The van der Waals surface area contributed by atoms with Crippen molar-refractivity contribution < 1.29 is 10.2 Å². The van der Waals surface area contributed by atoms with Crippen molar-refractivity contribution in [3.63, 3.8) is 0 Å². The zero-order chi connectivity index (χ0) is 11.6. The van der Waals surface area contributed by atoms with E-state index in [1.54, 1.807) is 0 Å². The normalized spacial score (nSPS) is 18.0. The zero-order valence-electron chi connectivity index (χ0n) is 10.3. The maximum Gasteiger partial charge on any atom is 0.0928 e. The standard InChI is InChI=1S/C11H25NO2/c1-10(2,3)9(14)8(13)7-12-11(4,5)6/h8-9,12-14H,7H2,1-6H3/t8-,9+/m0/s1. The molecular weight excluding hydrogens is 178 g/mol. The van der Waals surface area contributed by atoms with Crippen LogP contribution in [0.25, 0.3) is 0 Å². The van der Waals surface area contributed by atoms with Crippen LogP contribution < -0.4 is 5.32 Å². The number of aliphatic hydroxyl groups is 2. The molecule has 0 rings (SSSR count). The summed E-state index contributed by atoms with van der Waals surface area (Å²) in [4.78, 5) is 0. The Labute approximate surface area is 87.5 Å². The molecule has 0 saturated heterocycles. The molecule has 3 N–H and O–H groups in total. The Morgan fingerprint density at radius 3 is 1.71 bits per heavy atom. The Bertz CT molecular complexity index is 167. The lowest BCUT2D eigenvalue weighted by Crippen LogP contribution is -2.48. The highest BCUT2D eigenvalue weighted by atomic mass is 16.3. The molecule has 0 spiro atoms. The largest absolute Gasteiger partial charge is 0.390 e. The lowest BCUT2D eigenvalue weighted by molar-refractivity contribution is -0.0447. The topological polar surface area (TPSA) is 52.5 Å². The lowest BCUT2D eigenvalue weighted by Gasteiger charge is -2.32. The smallest absolute Gasteiger partial charge is 0.0928 e. The van der Waals surface area contributed by atoms with Gasteiger partial charge in [-0.3, -0.25) is 0 Å². The predicted molar refractivity (Wildman–Crippen MR) is 59.2 cm³/mol. The first-order valence-corrected chi connectivity index (χ1v) is 5.15. The van der Waals surface area contributed by atoms with Crippen molar-refractivity contribution >= 4 is 0 Å². The van der Waals surface area contributed by atoms with Crippen LogP contribution in [0, 0.1) is 5.41 Å². The van der Waals surface area contributed by atoms with Gasteiger partial charge in [0.15, 0.2) is 0 Å². The van der Waals surface area contributed by atoms with E-state index in [0.717, 1.165) is 0 Å². The fourth-order valence-corrected chi connectivity index (χ4v) is 1.10. The van der Waals surface area contributed by atoms with Gasteiger partial charge >= 0.3 is 0 Å². The highest BCUT2D eigenvalue weighted by Gasteiger charge is 2.29. The molecule has 3 nitrogen and oxygen atoms in total. The van der Waals surface area contributed by atoms with Crippen molar-refractivity contribution in [1.29, 1.82) is 0 Å². The number of hydrogen-bond acceptors (Lipinski definition) is 3. The lowest BCUT2D eigenvalue weighted by atomic mass is 9.85. The van der Waals surface area contributed by atoms with E-state index in [9.17, 15) is 10.2 Å². The summed E-state index contributed by atoms with van der Waals surface area (Å²) in [5, 5.41) is 22.6. The molecule has 0 aromatic carbocycles. The highest BCUT2D eigenvalue weighted by molar-refractivity contribution is 4.83. The van der Waals surface area contributed by atoms with Crippen molar-refractivity contribution in [3.05, 3.63) is 0 Å². The van der Waals surface area contributed by atoms with Gasteiger partial charge in [0.25, 0.3) is 0 Å². The molecule has 0 radical (unpaired) electrons. The van der Waals surface area contributed by atoms with Crippen LogP contribution in [0.2, 0.25) is 0 Å². The van der Waals surface area contributed by atoms with E-state index in [-0.39, 0.29) is 11.0 Å². The fraction of sp³-hybridized carbons (Fsp3) is 1.00. The van der Waals surface area contributed by atoms with Crippen LogP contribution in [0.15, 0.2) is 0 Å². The van der Waals surface area contributed by atoms with E-state index in [1.807, 2.05) is 41.5 Å². The van der Waals surface area contributed by atoms with E-state index in [0.29, 0.717) is 6.54 Å². The quantitative estimate of drug-likeness (QED) is 0.645. The Morgan fingerprint density at radius 2 is 1.43 bits per heavy atom. The Kier molecular flexibility index (Phi) is 4.56. The summed E-state index contributed by atoms with van der Waals surface area (Å²) in [6.45, 7) is 12.3. The van der Waals surface area contributed by atoms with Gasteiger partial charge < -0.3 is 15.5 Å². The summed E-state index contributed by atoms with van der Waals surface area (Å²) < 4.78 is 0. The Hall–Kier alpha value is -0.120. The number of rotatable bonds is 3. The van der Waals surface area contributed by atoms with E-state index < -0.39 is 12.2 Å². The average Bonchev–Trinajstić information content (AvgIpc) is 1.95. The minimum atomic E-state index is -0.714. The highest BCUT2D eigenvalue weighted by Crippen LogP contribution is 2.21. The third-order valence-electron chi connectivity index (χ3n) is 2.09. The van der Waals surface area contributed by atoms with Gasteiger partial charge in [0.1, 0.15) is 0 Å². The van der Waals surface area contributed by atoms with Crippen LogP contribution in [0.5, 0.6) is 0 Å². The molecule has 14 heavy (non-hydrogen) atoms. The molecule has 0 aliphatic rings. The molecule has 3 heteroatoms. The second kappa shape index (κ2) is 4.60. The summed E-state index contributed by atoms with van der Waals surface area (Å²) in [6, 6.07) is 0. The van der Waals surface area contributed by atoms with Gasteiger partial charge in [-0.05, 0) is 26.2 Å². The minimum Gasteiger partial charge on any atom is -0.390 e. The van der Waals surface area contributed by atoms with Gasteiger partial charge in [-0.25, -0.2) is 0 Å². The third-order valence-corrected chi connectivity index (χ3v) is 2.09. The second-order valence-electron chi connectivity index (χ2n) is 6.01. The summed E-state index contributed by atoms with van der Waals surface area (Å²) in [5.41, 5.74) is -0.308. The van der Waals surface area contributed by atoms with Crippen molar-refractivity contribution in [2.24, 2.45) is 5.41 Å².